The molecule has 0 aromatic heterocycles. The molecule has 1 aliphatic rings. The number of carboxylic acid groups (broad SMARTS) is 1. The molecule has 0 aliphatic carbocycles. The monoisotopic (exact) mass is 257 g/mol. The normalized spacial score (nSPS) is 20.8. The van der Waals surface area contributed by atoms with E-state index in [1.54, 1.807) is 4.90 Å². The maximum atomic E-state index is 12.2. The Balaban J connectivity index is 2.53. The van der Waals surface area contributed by atoms with Crippen LogP contribution in [0.5, 0.6) is 0 Å². The van der Waals surface area contributed by atoms with Crippen LogP contribution in [-0.4, -0.2) is 77.6 Å². The molecule has 18 heavy (non-hydrogen) atoms. The predicted octanol–water partition coefficient (Wildman–Crippen LogP) is 0.539. The Bertz CT molecular complexity index is 309. The van der Waals surface area contributed by atoms with E-state index in [0.717, 1.165) is 6.54 Å². The molecule has 1 saturated heterocycles. The predicted molar refractivity (Wildman–Crippen MR) is 68.6 cm³/mol. The maximum Gasteiger partial charge on any atom is 0.320 e. The number of carbonyl (C=O) groups excluding carboxylic acids is 1. The number of nitrogens with zero attached hydrogens (tertiary/aromatic N) is 3. The first-order valence-electron chi connectivity index (χ1n) is 6.41. The van der Waals surface area contributed by atoms with E-state index in [1.807, 2.05) is 11.8 Å². The molecule has 0 aromatic carbocycles. The lowest BCUT2D eigenvalue weighted by Gasteiger charge is -2.39. The van der Waals surface area contributed by atoms with E-state index in [1.165, 1.54) is 0 Å². The number of carbonyl (C=O) groups is 2. The minimum Gasteiger partial charge on any atom is -0.481 e. The maximum absolute atomic E-state index is 12.2. The Morgan fingerprint density at radius 2 is 2.06 bits per heavy atom. The van der Waals surface area contributed by atoms with Crippen LogP contribution >= 0.6 is 0 Å². The van der Waals surface area contributed by atoms with E-state index in [4.69, 9.17) is 5.11 Å². The first kappa shape index (κ1) is 14.8. The van der Waals surface area contributed by atoms with Crippen molar-refractivity contribution in [2.75, 3.05) is 39.8 Å². The molecular formula is C12H23N3O3. The summed E-state index contributed by atoms with van der Waals surface area (Å²) in [6, 6.07) is 0.305. The van der Waals surface area contributed by atoms with Crippen molar-refractivity contribution in [1.82, 2.24) is 14.7 Å². The van der Waals surface area contributed by atoms with Crippen molar-refractivity contribution in [2.24, 2.45) is 0 Å². The molecule has 1 fully saturated rings. The molecule has 2 amide bonds. The Labute approximate surface area is 108 Å². The summed E-state index contributed by atoms with van der Waals surface area (Å²) in [6.45, 7) is 7.08. The van der Waals surface area contributed by atoms with Crippen molar-refractivity contribution in [3.05, 3.63) is 0 Å². The summed E-state index contributed by atoms with van der Waals surface area (Å²) in [5.74, 6) is -0.868. The van der Waals surface area contributed by atoms with Gasteiger partial charge in [0.1, 0.15) is 0 Å². The van der Waals surface area contributed by atoms with Crippen LogP contribution in [0.1, 0.15) is 20.3 Å². The van der Waals surface area contributed by atoms with Crippen LogP contribution in [0.25, 0.3) is 0 Å². The number of urea groups is 1. The number of hydrogen-bond donors (Lipinski definition) is 1. The summed E-state index contributed by atoms with van der Waals surface area (Å²) >= 11 is 0. The van der Waals surface area contributed by atoms with Crippen LogP contribution in [-0.2, 0) is 4.79 Å². The molecule has 6 nitrogen and oxygen atoms in total. The number of aliphatic carboxylic acids is 1. The standard InChI is InChI=1S/C12H23N3O3/c1-4-14(6-5-11(16)17)12(18)15-8-7-13(3)10(2)9-15/h10H,4-9H2,1-3H3,(H,16,17). The number of hydrogen-bond acceptors (Lipinski definition) is 3. The smallest absolute Gasteiger partial charge is 0.320 e. The van der Waals surface area contributed by atoms with Gasteiger partial charge in [-0.3, -0.25) is 4.79 Å². The fourth-order valence-electron chi connectivity index (χ4n) is 2.04. The number of rotatable bonds is 4. The van der Waals surface area contributed by atoms with Crippen molar-refractivity contribution >= 4 is 12.0 Å². The lowest BCUT2D eigenvalue weighted by Crippen LogP contribution is -2.55. The van der Waals surface area contributed by atoms with Crippen LogP contribution < -0.4 is 0 Å². The third-order valence-corrected chi connectivity index (χ3v) is 3.48. The quantitative estimate of drug-likeness (QED) is 0.798. The van der Waals surface area contributed by atoms with Gasteiger partial charge in [-0.2, -0.15) is 0 Å². The average molecular weight is 257 g/mol. The Morgan fingerprint density at radius 3 is 2.56 bits per heavy atom. The SMILES string of the molecule is CCN(CCC(=O)O)C(=O)N1CCN(C)C(C)C1. The molecule has 1 heterocycles. The third kappa shape index (κ3) is 3.87. The Kier molecular flexibility index (Phi) is 5.40. The van der Waals surface area contributed by atoms with Crippen LogP contribution in [0.3, 0.4) is 0 Å². The molecular weight excluding hydrogens is 234 g/mol. The van der Waals surface area contributed by atoms with Gasteiger partial charge in [0.25, 0.3) is 0 Å². The fraction of sp³-hybridized carbons (Fsp3) is 0.833. The summed E-state index contributed by atoms with van der Waals surface area (Å²) in [5, 5.41) is 8.67. The summed E-state index contributed by atoms with van der Waals surface area (Å²) in [6.07, 6.45) is 0.00285. The molecule has 0 bridgehead atoms. The number of carboxylic acids is 1. The van der Waals surface area contributed by atoms with Crippen LogP contribution in [0.4, 0.5) is 4.79 Å². The van der Waals surface area contributed by atoms with Gasteiger partial charge in [-0.25, -0.2) is 4.79 Å². The second-order valence-electron chi connectivity index (χ2n) is 4.78. The largest absolute Gasteiger partial charge is 0.481 e. The van der Waals surface area contributed by atoms with E-state index in [-0.39, 0.29) is 19.0 Å². The first-order chi connectivity index (χ1) is 8.45. The molecule has 1 aliphatic heterocycles. The molecule has 104 valence electrons. The highest BCUT2D eigenvalue weighted by Crippen LogP contribution is 2.10. The average Bonchev–Trinajstić information content (AvgIpc) is 2.32. The van der Waals surface area contributed by atoms with Gasteiger partial charge in [0.2, 0.25) is 0 Å². The zero-order chi connectivity index (χ0) is 13.7. The van der Waals surface area contributed by atoms with Crippen molar-refractivity contribution in [2.45, 2.75) is 26.3 Å². The topological polar surface area (TPSA) is 64.1 Å². The van der Waals surface area contributed by atoms with Crippen LogP contribution in [0.15, 0.2) is 0 Å². The van der Waals surface area contributed by atoms with Gasteiger partial charge in [-0.05, 0) is 20.9 Å². The van der Waals surface area contributed by atoms with Gasteiger partial charge in [0, 0.05) is 38.8 Å². The molecule has 0 spiro atoms. The third-order valence-electron chi connectivity index (χ3n) is 3.48. The molecule has 6 heteroatoms. The summed E-state index contributed by atoms with van der Waals surface area (Å²) in [7, 11) is 2.05. The van der Waals surface area contributed by atoms with E-state index < -0.39 is 5.97 Å². The van der Waals surface area contributed by atoms with Gasteiger partial charge in [0.05, 0.1) is 6.42 Å². The molecule has 1 atom stereocenters. The molecule has 1 rings (SSSR count). The summed E-state index contributed by atoms with van der Waals surface area (Å²) in [5.41, 5.74) is 0. The molecule has 0 aromatic rings. The highest BCUT2D eigenvalue weighted by atomic mass is 16.4. The summed E-state index contributed by atoms with van der Waals surface area (Å²) < 4.78 is 0. The number of piperazine rings is 1. The van der Waals surface area contributed by atoms with E-state index in [2.05, 4.69) is 18.9 Å². The van der Waals surface area contributed by atoms with E-state index in [9.17, 15) is 9.59 Å². The number of amides is 2. The van der Waals surface area contributed by atoms with Crippen LogP contribution in [0, 0.1) is 0 Å². The van der Waals surface area contributed by atoms with E-state index in [0.29, 0.717) is 25.7 Å². The van der Waals surface area contributed by atoms with Gasteiger partial charge in [-0.1, -0.05) is 0 Å². The molecule has 1 N–H and O–H groups in total. The van der Waals surface area contributed by atoms with Crippen molar-refractivity contribution in [1.29, 1.82) is 0 Å². The highest BCUT2D eigenvalue weighted by Gasteiger charge is 2.27. The lowest BCUT2D eigenvalue weighted by molar-refractivity contribution is -0.137. The van der Waals surface area contributed by atoms with Crippen molar-refractivity contribution in [3.8, 4) is 0 Å². The molecule has 0 saturated carbocycles. The fourth-order valence-corrected chi connectivity index (χ4v) is 2.04. The van der Waals surface area contributed by atoms with Gasteiger partial charge in [0.15, 0.2) is 0 Å². The molecule has 0 radical (unpaired) electrons. The minimum atomic E-state index is -0.868. The van der Waals surface area contributed by atoms with E-state index >= 15 is 0 Å². The number of likely N-dealkylation sites (N-methyl/N-ethyl adjacent to an activating group) is 1. The van der Waals surface area contributed by atoms with Crippen molar-refractivity contribution < 1.29 is 14.7 Å². The second kappa shape index (κ2) is 6.58. The molecule has 1 unspecified atom stereocenters. The summed E-state index contributed by atoms with van der Waals surface area (Å²) in [4.78, 5) is 28.4. The van der Waals surface area contributed by atoms with Crippen LogP contribution in [0.2, 0.25) is 0 Å². The van der Waals surface area contributed by atoms with Gasteiger partial charge < -0.3 is 19.8 Å². The highest BCUT2D eigenvalue weighted by molar-refractivity contribution is 5.75. The van der Waals surface area contributed by atoms with Crippen molar-refractivity contribution in [3.63, 3.8) is 0 Å². The zero-order valence-corrected chi connectivity index (χ0v) is 11.4. The Hall–Kier alpha value is -1.30. The zero-order valence-electron chi connectivity index (χ0n) is 11.4. The minimum absolute atomic E-state index is 0.00285. The Morgan fingerprint density at radius 1 is 1.39 bits per heavy atom. The van der Waals surface area contributed by atoms with Gasteiger partial charge >= 0.3 is 12.0 Å². The second-order valence-corrected chi connectivity index (χ2v) is 4.78. The van der Waals surface area contributed by atoms with Gasteiger partial charge in [-0.15, -0.1) is 0 Å². The lowest BCUT2D eigenvalue weighted by atomic mass is 10.2. The first-order valence-corrected chi connectivity index (χ1v) is 6.41.